The first-order valence-electron chi connectivity index (χ1n) is 20.6. The summed E-state index contributed by atoms with van der Waals surface area (Å²) >= 11 is 0. The van der Waals surface area contributed by atoms with Gasteiger partial charge in [0.05, 0.1) is 30.0 Å². The van der Waals surface area contributed by atoms with Gasteiger partial charge < -0.3 is 29.7 Å². The van der Waals surface area contributed by atoms with Gasteiger partial charge in [-0.15, -0.1) is 0 Å². The molecule has 1 saturated heterocycles. The fourth-order valence-corrected chi connectivity index (χ4v) is 9.31. The number of ether oxygens (including phenoxy) is 3. The number of amides is 4. The third-order valence-corrected chi connectivity index (χ3v) is 14.1. The van der Waals surface area contributed by atoms with Gasteiger partial charge in [-0.2, -0.15) is 5.10 Å². The van der Waals surface area contributed by atoms with Gasteiger partial charge in [0.25, 0.3) is 11.8 Å². The summed E-state index contributed by atoms with van der Waals surface area (Å²) in [6.07, 6.45) is 8.86. The van der Waals surface area contributed by atoms with E-state index in [0.717, 1.165) is 18.4 Å². The number of hydrogen-bond donors (Lipinski definition) is 3. The van der Waals surface area contributed by atoms with E-state index in [0.29, 0.717) is 66.9 Å². The summed E-state index contributed by atoms with van der Waals surface area (Å²) in [5, 5.41) is 10.8. The third kappa shape index (κ3) is 8.61. The normalized spacial score (nSPS) is 26.1. The van der Waals surface area contributed by atoms with Crippen LogP contribution in [0.2, 0.25) is 0 Å². The van der Waals surface area contributed by atoms with E-state index in [-0.39, 0.29) is 31.2 Å². The van der Waals surface area contributed by atoms with Crippen LogP contribution in [-0.2, 0) is 31.0 Å². The summed E-state index contributed by atoms with van der Waals surface area (Å²) in [5.41, 5.74) is 0.000693. The van der Waals surface area contributed by atoms with Gasteiger partial charge >= 0.3 is 0 Å². The van der Waals surface area contributed by atoms with Crippen molar-refractivity contribution in [3.05, 3.63) is 53.9 Å². The van der Waals surface area contributed by atoms with E-state index in [1.807, 2.05) is 52.0 Å². The van der Waals surface area contributed by atoms with Crippen LogP contribution in [0.25, 0.3) is 10.9 Å². The molecule has 0 radical (unpaired) electrons. The predicted octanol–water partition coefficient (Wildman–Crippen LogP) is 4.10. The largest absolute Gasteiger partial charge is 0.496 e. The van der Waals surface area contributed by atoms with Gasteiger partial charge in [-0.1, -0.05) is 25.0 Å². The molecule has 2 aliphatic heterocycles. The zero-order valence-corrected chi connectivity index (χ0v) is 35.4. The highest BCUT2D eigenvalue weighted by molar-refractivity contribution is 7.91. The number of methoxy groups -OCH3 is 1. The van der Waals surface area contributed by atoms with Gasteiger partial charge in [-0.05, 0) is 91.3 Å². The molecule has 318 valence electrons. The van der Waals surface area contributed by atoms with Crippen LogP contribution in [0.4, 0.5) is 0 Å². The van der Waals surface area contributed by atoms with Crippen molar-refractivity contribution in [2.24, 2.45) is 5.92 Å². The van der Waals surface area contributed by atoms with E-state index in [1.165, 1.54) is 4.90 Å². The smallest absolute Gasteiger partial charge is 0.272 e. The second-order valence-corrected chi connectivity index (χ2v) is 18.9. The molecule has 3 fully saturated rings. The fraction of sp³-hybridized carbons (Fsp3) is 0.571. The molecule has 2 aromatic heterocycles. The Hall–Kier alpha value is -5.19. The first-order chi connectivity index (χ1) is 28.1. The zero-order chi connectivity index (χ0) is 42.3. The molecule has 16 nitrogen and oxygen atoms in total. The average Bonchev–Trinajstić information content (AvgIpc) is 3.97. The van der Waals surface area contributed by atoms with E-state index < -0.39 is 68.0 Å². The molecule has 3 aromatic rings. The van der Waals surface area contributed by atoms with Crippen LogP contribution in [0.5, 0.6) is 17.4 Å². The Kier molecular flexibility index (Phi) is 11.7. The monoisotopic (exact) mass is 833 g/mol. The van der Waals surface area contributed by atoms with Crippen molar-refractivity contribution in [3.8, 4) is 17.4 Å². The fourth-order valence-electron chi connectivity index (χ4n) is 7.99. The number of hydrogen-bond acceptors (Lipinski definition) is 11. The van der Waals surface area contributed by atoms with Gasteiger partial charge in [0.15, 0.2) is 0 Å². The molecule has 4 amide bonds. The van der Waals surface area contributed by atoms with Crippen LogP contribution in [0, 0.1) is 12.8 Å². The molecule has 1 unspecified atom stereocenters. The summed E-state index contributed by atoms with van der Waals surface area (Å²) in [7, 11) is -2.43. The SMILES string of the molecule is CCn1ccc(C(=O)N[C@H]2CCCCC/C=C\C3C[C@@]3(C(=O)NS(=O)(=O)C3(C)CC3)NC(=O)[C@@H]3C[C@@H](Oc4cc(OC(C)C)nc5c(C)c(OC)ccc45)CN3C2=O)n1. The van der Waals surface area contributed by atoms with E-state index in [4.69, 9.17) is 19.2 Å². The Morgan fingerprint density at radius 3 is 2.58 bits per heavy atom. The first kappa shape index (κ1) is 42.0. The minimum Gasteiger partial charge on any atom is -0.496 e. The lowest BCUT2D eigenvalue weighted by Crippen LogP contribution is -2.58. The predicted molar refractivity (Wildman–Crippen MR) is 218 cm³/mol. The van der Waals surface area contributed by atoms with Crippen LogP contribution in [-0.4, -0.2) is 99.9 Å². The molecular formula is C42H55N7O9S. The lowest BCUT2D eigenvalue weighted by Gasteiger charge is -2.30. The Morgan fingerprint density at radius 2 is 1.88 bits per heavy atom. The van der Waals surface area contributed by atoms with Crippen molar-refractivity contribution in [1.82, 2.24) is 35.0 Å². The number of pyridine rings is 1. The van der Waals surface area contributed by atoms with Crippen LogP contribution < -0.4 is 29.6 Å². The number of carbonyl (C=O) groups is 4. The number of sulfonamides is 1. The third-order valence-electron chi connectivity index (χ3n) is 12.0. The highest BCUT2D eigenvalue weighted by atomic mass is 32.2. The molecule has 1 aromatic carbocycles. The Bertz CT molecular complexity index is 2270. The number of rotatable bonds is 11. The Balaban J connectivity index is 1.23. The molecule has 17 heteroatoms. The Morgan fingerprint density at radius 1 is 1.10 bits per heavy atom. The summed E-state index contributed by atoms with van der Waals surface area (Å²) in [4.78, 5) is 63.1. The molecule has 0 spiro atoms. The lowest BCUT2D eigenvalue weighted by atomic mass is 10.0. The standard InChI is InChI=1S/C42H55N7O9S/c1-7-48-20-17-30(46-48)37(50)43-31-14-12-10-8-9-11-13-27-23-42(27,40(53)47-59(54,55)41(5)18-19-41)45-38(51)32-21-28(24-49(32)39(31)52)58-34-22-35(57-25(2)3)44-36-26(4)33(56-6)16-15-29(34)36/h11,13,15-17,20,22,25,27-28,31-32H,7-10,12,14,18-19,21,23-24H2,1-6H3,(H,43,50)(H,45,51)(H,47,53)/b13-11-/t27?,28-,31+,32+,42-/m1/s1. The average molecular weight is 834 g/mol. The van der Waals surface area contributed by atoms with Gasteiger partial charge in [0, 0.05) is 42.1 Å². The van der Waals surface area contributed by atoms with Crippen molar-refractivity contribution in [2.45, 2.75) is 134 Å². The summed E-state index contributed by atoms with van der Waals surface area (Å²) in [6.45, 7) is 9.69. The summed E-state index contributed by atoms with van der Waals surface area (Å²) in [5.74, 6) is -1.49. The van der Waals surface area contributed by atoms with Gasteiger partial charge in [-0.25, -0.2) is 13.4 Å². The summed E-state index contributed by atoms with van der Waals surface area (Å²) < 4.78 is 47.6. The number of benzene rings is 1. The Labute approximate surface area is 344 Å². The van der Waals surface area contributed by atoms with E-state index in [1.54, 1.807) is 37.0 Å². The molecule has 2 saturated carbocycles. The molecule has 4 heterocycles. The van der Waals surface area contributed by atoms with Gasteiger partial charge in [0.1, 0.15) is 40.9 Å². The molecule has 59 heavy (non-hydrogen) atoms. The van der Waals surface area contributed by atoms with Crippen LogP contribution >= 0.6 is 0 Å². The number of nitrogens with zero attached hydrogens (tertiary/aromatic N) is 4. The summed E-state index contributed by atoms with van der Waals surface area (Å²) in [6, 6.07) is 4.79. The van der Waals surface area contributed by atoms with Gasteiger partial charge in [0.2, 0.25) is 27.7 Å². The minimum atomic E-state index is -4.01. The molecular weight excluding hydrogens is 779 g/mol. The van der Waals surface area contributed by atoms with Crippen molar-refractivity contribution in [2.75, 3.05) is 13.7 Å². The van der Waals surface area contributed by atoms with Crippen LogP contribution in [0.15, 0.2) is 42.6 Å². The highest BCUT2D eigenvalue weighted by Gasteiger charge is 2.63. The number of aryl methyl sites for hydroxylation is 2. The molecule has 7 rings (SSSR count). The molecule has 0 bridgehead atoms. The van der Waals surface area contributed by atoms with E-state index >= 15 is 0 Å². The van der Waals surface area contributed by atoms with Crippen molar-refractivity contribution < 1.29 is 41.8 Å². The van der Waals surface area contributed by atoms with Crippen molar-refractivity contribution >= 4 is 44.6 Å². The minimum absolute atomic E-state index is 0.0255. The topological polar surface area (TPSA) is 200 Å². The van der Waals surface area contributed by atoms with E-state index in [9.17, 15) is 27.6 Å². The van der Waals surface area contributed by atoms with E-state index in [2.05, 4.69) is 20.5 Å². The molecule has 4 aliphatic rings. The maximum atomic E-state index is 14.8. The number of nitrogens with one attached hydrogen (secondary N) is 3. The van der Waals surface area contributed by atoms with Crippen LogP contribution in [0.1, 0.15) is 102 Å². The molecule has 5 atom stereocenters. The van der Waals surface area contributed by atoms with Crippen molar-refractivity contribution in [3.63, 3.8) is 0 Å². The van der Waals surface area contributed by atoms with Crippen molar-refractivity contribution in [1.29, 1.82) is 0 Å². The lowest BCUT2D eigenvalue weighted by molar-refractivity contribution is -0.141. The second kappa shape index (κ2) is 16.5. The zero-order valence-electron chi connectivity index (χ0n) is 34.6. The number of allylic oxidation sites excluding steroid dienone is 1. The first-order valence-corrected chi connectivity index (χ1v) is 22.1. The number of carbonyl (C=O) groups excluding carboxylic acids is 4. The quantitative estimate of drug-likeness (QED) is 0.235. The maximum absolute atomic E-state index is 14.8. The number of fused-ring (bicyclic) bond motifs is 3. The van der Waals surface area contributed by atoms with Crippen LogP contribution in [0.3, 0.4) is 0 Å². The molecule has 2 aliphatic carbocycles. The highest BCUT2D eigenvalue weighted by Crippen LogP contribution is 2.47. The number of aromatic nitrogens is 3. The van der Waals surface area contributed by atoms with Gasteiger partial charge in [-0.3, -0.25) is 28.6 Å². The second-order valence-electron chi connectivity index (χ2n) is 16.7. The maximum Gasteiger partial charge on any atom is 0.272 e. The molecule has 3 N–H and O–H groups in total.